The molecule has 0 N–H and O–H groups in total. The second-order valence-corrected chi connectivity index (χ2v) is 6.06. The van der Waals surface area contributed by atoms with Crippen LogP contribution in [-0.2, 0) is 17.9 Å². The molecule has 1 aromatic carbocycles. The molecule has 3 aromatic rings. The van der Waals surface area contributed by atoms with E-state index in [0.29, 0.717) is 12.4 Å². The zero-order chi connectivity index (χ0) is 18.7. The largest absolute Gasteiger partial charge is 0.444 e. The van der Waals surface area contributed by atoms with E-state index >= 15 is 0 Å². The van der Waals surface area contributed by atoms with Crippen LogP contribution in [0.3, 0.4) is 0 Å². The number of hydrogen-bond donors (Lipinski definition) is 0. The molecule has 1 amide bonds. The summed E-state index contributed by atoms with van der Waals surface area (Å²) in [5.41, 5.74) is 4.42. The van der Waals surface area contributed by atoms with Gasteiger partial charge in [-0.25, -0.2) is 4.98 Å². The Hall–Kier alpha value is -3.15. The summed E-state index contributed by atoms with van der Waals surface area (Å²) in [6.07, 6.45) is 4.68. The van der Waals surface area contributed by atoms with Crippen LogP contribution in [0.25, 0.3) is 11.5 Å². The first kappa shape index (κ1) is 17.7. The summed E-state index contributed by atoms with van der Waals surface area (Å²) in [5.74, 6) is 0.374. The quantitative estimate of drug-likeness (QED) is 0.633. The van der Waals surface area contributed by atoms with E-state index in [0.717, 1.165) is 34.7 Å². The van der Waals surface area contributed by atoms with Gasteiger partial charge in [0.1, 0.15) is 6.26 Å². The van der Waals surface area contributed by atoms with E-state index in [9.17, 15) is 4.79 Å². The molecule has 0 radical (unpaired) electrons. The van der Waals surface area contributed by atoms with Crippen LogP contribution in [0.15, 0.2) is 53.8 Å². The standard InChI is InChI=1S/C20H22N4O2/c1-5-19(25)23(12-17-9-10-21-24(17)6-2)16-8-7-14(3)18(11-16)20-22-15(4)13-26-20/h5,7-11,13H,1,6,12H2,2-4H3. The van der Waals surface area contributed by atoms with Gasteiger partial charge in [0.15, 0.2) is 0 Å². The summed E-state index contributed by atoms with van der Waals surface area (Å²) < 4.78 is 7.42. The van der Waals surface area contributed by atoms with Crippen LogP contribution < -0.4 is 4.90 Å². The Morgan fingerprint density at radius 3 is 2.81 bits per heavy atom. The number of aromatic nitrogens is 3. The second kappa shape index (κ2) is 7.39. The predicted molar refractivity (Wildman–Crippen MR) is 101 cm³/mol. The number of rotatable bonds is 6. The summed E-state index contributed by atoms with van der Waals surface area (Å²) in [4.78, 5) is 18.6. The number of anilines is 1. The topological polar surface area (TPSA) is 64.2 Å². The number of nitrogens with zero attached hydrogens (tertiary/aromatic N) is 4. The van der Waals surface area contributed by atoms with Crippen LogP contribution >= 0.6 is 0 Å². The SMILES string of the molecule is C=CC(=O)N(Cc1ccnn1CC)c1ccc(C)c(-c2nc(C)co2)c1. The number of aryl methyl sites for hydroxylation is 3. The Balaban J connectivity index is 2.01. The molecule has 6 nitrogen and oxygen atoms in total. The van der Waals surface area contributed by atoms with Crippen LogP contribution in [0.5, 0.6) is 0 Å². The average molecular weight is 350 g/mol. The minimum Gasteiger partial charge on any atom is -0.444 e. The van der Waals surface area contributed by atoms with Crippen molar-refractivity contribution in [3.8, 4) is 11.5 Å². The molecule has 2 heterocycles. The minimum absolute atomic E-state index is 0.174. The third-order valence-corrected chi connectivity index (χ3v) is 4.25. The van der Waals surface area contributed by atoms with E-state index in [-0.39, 0.29) is 5.91 Å². The summed E-state index contributed by atoms with van der Waals surface area (Å²) in [7, 11) is 0. The third kappa shape index (κ3) is 3.44. The number of benzene rings is 1. The first-order valence-electron chi connectivity index (χ1n) is 8.51. The molecule has 2 aromatic heterocycles. The van der Waals surface area contributed by atoms with E-state index in [1.165, 1.54) is 6.08 Å². The van der Waals surface area contributed by atoms with Gasteiger partial charge in [-0.2, -0.15) is 5.10 Å². The predicted octanol–water partition coefficient (Wildman–Crippen LogP) is 3.89. The fraction of sp³-hybridized carbons (Fsp3) is 0.250. The van der Waals surface area contributed by atoms with Crippen molar-refractivity contribution in [2.24, 2.45) is 0 Å². The van der Waals surface area contributed by atoms with E-state index in [1.54, 1.807) is 17.4 Å². The highest BCUT2D eigenvalue weighted by Gasteiger charge is 2.18. The zero-order valence-corrected chi connectivity index (χ0v) is 15.3. The lowest BCUT2D eigenvalue weighted by Crippen LogP contribution is -2.29. The van der Waals surface area contributed by atoms with Gasteiger partial charge in [-0.1, -0.05) is 12.6 Å². The zero-order valence-electron chi connectivity index (χ0n) is 15.3. The fourth-order valence-corrected chi connectivity index (χ4v) is 2.83. The van der Waals surface area contributed by atoms with Gasteiger partial charge in [0.05, 0.1) is 17.9 Å². The highest BCUT2D eigenvalue weighted by molar-refractivity contribution is 6.01. The summed E-state index contributed by atoms with van der Waals surface area (Å²) in [5, 5.41) is 4.28. The lowest BCUT2D eigenvalue weighted by atomic mass is 10.1. The minimum atomic E-state index is -0.174. The van der Waals surface area contributed by atoms with Crippen LogP contribution in [0.4, 0.5) is 5.69 Å². The van der Waals surface area contributed by atoms with Gasteiger partial charge in [-0.3, -0.25) is 9.48 Å². The van der Waals surface area contributed by atoms with Gasteiger partial charge in [0.25, 0.3) is 5.91 Å². The highest BCUT2D eigenvalue weighted by Crippen LogP contribution is 2.29. The molecule has 3 rings (SSSR count). The summed E-state index contributed by atoms with van der Waals surface area (Å²) >= 11 is 0. The lowest BCUT2D eigenvalue weighted by molar-refractivity contribution is -0.114. The van der Waals surface area contributed by atoms with Crippen molar-refractivity contribution in [3.63, 3.8) is 0 Å². The molecule has 0 saturated carbocycles. The Bertz CT molecular complexity index is 939. The third-order valence-electron chi connectivity index (χ3n) is 4.25. The van der Waals surface area contributed by atoms with Gasteiger partial charge in [0.2, 0.25) is 5.89 Å². The van der Waals surface area contributed by atoms with Crippen LogP contribution in [-0.4, -0.2) is 20.7 Å². The Morgan fingerprint density at radius 2 is 2.15 bits per heavy atom. The van der Waals surface area contributed by atoms with Crippen molar-refractivity contribution in [2.45, 2.75) is 33.9 Å². The molecule has 0 aliphatic rings. The first-order valence-corrected chi connectivity index (χ1v) is 8.51. The van der Waals surface area contributed by atoms with Crippen LogP contribution in [0, 0.1) is 13.8 Å². The monoisotopic (exact) mass is 350 g/mol. The molecule has 134 valence electrons. The van der Waals surface area contributed by atoms with E-state index in [1.807, 2.05) is 49.7 Å². The number of oxazole rings is 1. The fourth-order valence-electron chi connectivity index (χ4n) is 2.83. The lowest BCUT2D eigenvalue weighted by Gasteiger charge is -2.22. The van der Waals surface area contributed by atoms with Crippen molar-refractivity contribution in [2.75, 3.05) is 4.90 Å². The molecule has 0 unspecified atom stereocenters. The number of hydrogen-bond acceptors (Lipinski definition) is 4. The molecule has 6 heteroatoms. The average Bonchev–Trinajstić information content (AvgIpc) is 3.28. The maximum atomic E-state index is 12.5. The van der Waals surface area contributed by atoms with Crippen LogP contribution in [0.2, 0.25) is 0 Å². The molecule has 0 spiro atoms. The van der Waals surface area contributed by atoms with Crippen molar-refractivity contribution >= 4 is 11.6 Å². The van der Waals surface area contributed by atoms with Gasteiger partial charge in [0, 0.05) is 24.0 Å². The van der Waals surface area contributed by atoms with Gasteiger partial charge >= 0.3 is 0 Å². The first-order chi connectivity index (χ1) is 12.5. The van der Waals surface area contributed by atoms with Crippen molar-refractivity contribution in [1.82, 2.24) is 14.8 Å². The molecule has 0 aliphatic heterocycles. The summed E-state index contributed by atoms with van der Waals surface area (Å²) in [6.45, 7) is 10.7. The number of carbonyl (C=O) groups is 1. The van der Waals surface area contributed by atoms with Crippen molar-refractivity contribution < 1.29 is 9.21 Å². The maximum Gasteiger partial charge on any atom is 0.250 e. The number of amides is 1. The van der Waals surface area contributed by atoms with E-state index in [2.05, 4.69) is 16.7 Å². The normalized spacial score (nSPS) is 10.7. The molecule has 0 aliphatic carbocycles. The molecule has 0 fully saturated rings. The Labute approximate surface area is 152 Å². The Morgan fingerprint density at radius 1 is 1.35 bits per heavy atom. The molecule has 0 bridgehead atoms. The van der Waals surface area contributed by atoms with Crippen molar-refractivity contribution in [1.29, 1.82) is 0 Å². The molecular formula is C20H22N4O2. The van der Waals surface area contributed by atoms with Gasteiger partial charge in [-0.15, -0.1) is 0 Å². The molecule has 0 atom stereocenters. The van der Waals surface area contributed by atoms with E-state index < -0.39 is 0 Å². The second-order valence-electron chi connectivity index (χ2n) is 6.06. The van der Waals surface area contributed by atoms with Gasteiger partial charge in [-0.05, 0) is 50.6 Å². The van der Waals surface area contributed by atoms with Crippen molar-refractivity contribution in [3.05, 3.63) is 66.3 Å². The summed E-state index contributed by atoms with van der Waals surface area (Å²) in [6, 6.07) is 7.72. The molecule has 26 heavy (non-hydrogen) atoms. The number of carbonyl (C=O) groups excluding carboxylic acids is 1. The van der Waals surface area contributed by atoms with Gasteiger partial charge < -0.3 is 9.32 Å². The maximum absolute atomic E-state index is 12.5. The molecular weight excluding hydrogens is 328 g/mol. The highest BCUT2D eigenvalue weighted by atomic mass is 16.3. The smallest absolute Gasteiger partial charge is 0.250 e. The van der Waals surface area contributed by atoms with Crippen LogP contribution in [0.1, 0.15) is 23.9 Å². The Kier molecular flexibility index (Phi) is 5.02. The molecule has 0 saturated heterocycles. The van der Waals surface area contributed by atoms with E-state index in [4.69, 9.17) is 4.42 Å².